The van der Waals surface area contributed by atoms with Crippen molar-refractivity contribution in [3.8, 4) is 17.2 Å². The molecule has 2 aliphatic rings. The Morgan fingerprint density at radius 1 is 1.00 bits per heavy atom. The first-order valence-corrected chi connectivity index (χ1v) is 11.4. The Labute approximate surface area is 190 Å². The number of carbonyl (C=O) groups is 2. The first-order chi connectivity index (χ1) is 15.5. The molecule has 8 heteroatoms. The average molecular weight is 449 g/mol. The van der Waals surface area contributed by atoms with Gasteiger partial charge in [-0.25, -0.2) is 0 Å². The van der Waals surface area contributed by atoms with Crippen LogP contribution in [-0.4, -0.2) is 71.4 Å². The molecule has 1 aromatic carbocycles. The number of likely N-dealkylation sites (tertiary alicyclic amines) is 1. The van der Waals surface area contributed by atoms with Crippen LogP contribution in [0.25, 0.3) is 0 Å². The highest BCUT2D eigenvalue weighted by atomic mass is 16.5. The quantitative estimate of drug-likeness (QED) is 0.554. The van der Waals surface area contributed by atoms with Crippen LogP contribution in [0.2, 0.25) is 0 Å². The Morgan fingerprint density at radius 3 is 2.22 bits per heavy atom. The van der Waals surface area contributed by atoms with E-state index in [1.54, 1.807) is 28.4 Å². The zero-order chi connectivity index (χ0) is 23.1. The van der Waals surface area contributed by atoms with Gasteiger partial charge in [0.15, 0.2) is 11.5 Å². The normalized spacial score (nSPS) is 20.9. The lowest BCUT2D eigenvalue weighted by Gasteiger charge is -2.21. The number of carbonyl (C=O) groups excluding carboxylic acids is 2. The summed E-state index contributed by atoms with van der Waals surface area (Å²) in [7, 11) is 6.36. The molecule has 0 radical (unpaired) electrons. The number of nitrogens with zero attached hydrogens (tertiary/aromatic N) is 1. The van der Waals surface area contributed by atoms with Crippen LogP contribution in [0.4, 0.5) is 0 Å². The zero-order valence-electron chi connectivity index (χ0n) is 19.6. The SMILES string of the molecule is COCCCNC(=O)[C@H]1CN(C(=O)C2CCCC2)C[C@H]1c1cc(OC)c(OC)c(OC)c1. The lowest BCUT2D eigenvalue weighted by atomic mass is 9.88. The van der Waals surface area contributed by atoms with E-state index in [0.717, 1.165) is 37.7 Å². The summed E-state index contributed by atoms with van der Waals surface area (Å²) in [6.07, 6.45) is 4.83. The highest BCUT2D eigenvalue weighted by molar-refractivity contribution is 5.84. The van der Waals surface area contributed by atoms with E-state index in [1.165, 1.54) is 0 Å². The molecule has 1 aliphatic heterocycles. The number of hydrogen-bond donors (Lipinski definition) is 1. The van der Waals surface area contributed by atoms with Gasteiger partial charge in [0, 0.05) is 45.2 Å². The molecule has 2 atom stereocenters. The second-order valence-electron chi connectivity index (χ2n) is 8.53. The number of nitrogens with one attached hydrogen (secondary N) is 1. The van der Waals surface area contributed by atoms with E-state index in [-0.39, 0.29) is 29.6 Å². The lowest BCUT2D eigenvalue weighted by Crippen LogP contribution is -2.37. The predicted molar refractivity (Wildman–Crippen MR) is 120 cm³/mol. The van der Waals surface area contributed by atoms with Crippen LogP contribution in [0.3, 0.4) is 0 Å². The highest BCUT2D eigenvalue weighted by Gasteiger charge is 2.42. The summed E-state index contributed by atoms with van der Waals surface area (Å²) in [4.78, 5) is 28.2. The summed E-state index contributed by atoms with van der Waals surface area (Å²) in [5, 5.41) is 3.02. The molecule has 32 heavy (non-hydrogen) atoms. The van der Waals surface area contributed by atoms with Crippen LogP contribution in [0.5, 0.6) is 17.2 Å². The Hall–Kier alpha value is -2.48. The Bertz CT molecular complexity index is 768. The predicted octanol–water partition coefficient (Wildman–Crippen LogP) is 2.60. The molecule has 2 fully saturated rings. The number of methoxy groups -OCH3 is 4. The molecule has 1 aliphatic carbocycles. The van der Waals surface area contributed by atoms with Crippen LogP contribution in [0.15, 0.2) is 12.1 Å². The van der Waals surface area contributed by atoms with Crippen LogP contribution < -0.4 is 19.5 Å². The van der Waals surface area contributed by atoms with E-state index < -0.39 is 0 Å². The summed E-state index contributed by atoms with van der Waals surface area (Å²) in [6.45, 7) is 2.06. The van der Waals surface area contributed by atoms with Crippen molar-refractivity contribution in [2.45, 2.75) is 38.0 Å². The van der Waals surface area contributed by atoms with Crippen LogP contribution in [0.1, 0.15) is 43.6 Å². The number of hydrogen-bond acceptors (Lipinski definition) is 6. The summed E-state index contributed by atoms with van der Waals surface area (Å²) in [5.74, 6) is 1.32. The van der Waals surface area contributed by atoms with Gasteiger partial charge in [0.2, 0.25) is 17.6 Å². The minimum atomic E-state index is -0.342. The van der Waals surface area contributed by atoms with Crippen molar-refractivity contribution in [3.05, 3.63) is 17.7 Å². The van der Waals surface area contributed by atoms with Crippen LogP contribution >= 0.6 is 0 Å². The molecule has 1 aromatic rings. The van der Waals surface area contributed by atoms with Gasteiger partial charge >= 0.3 is 0 Å². The summed E-state index contributed by atoms with van der Waals surface area (Å²) < 4.78 is 21.6. The van der Waals surface area contributed by atoms with Crippen molar-refractivity contribution in [2.75, 3.05) is 54.7 Å². The number of benzene rings is 1. The standard InChI is InChI=1S/C24H36N2O6/c1-29-11-7-10-25-23(27)19-15-26(24(28)16-8-5-6-9-16)14-18(19)17-12-20(30-2)22(32-4)21(13-17)31-3/h12-13,16,18-19H,5-11,14-15H2,1-4H3,(H,25,27)/t18-,19-/m0/s1. The maximum Gasteiger partial charge on any atom is 0.225 e. The van der Waals surface area contributed by atoms with Crippen molar-refractivity contribution in [2.24, 2.45) is 11.8 Å². The van der Waals surface area contributed by atoms with Gasteiger partial charge in [0.25, 0.3) is 0 Å². The van der Waals surface area contributed by atoms with E-state index in [0.29, 0.717) is 43.5 Å². The maximum absolute atomic E-state index is 13.1. The van der Waals surface area contributed by atoms with E-state index in [2.05, 4.69) is 5.32 Å². The molecule has 0 spiro atoms. The molecule has 1 saturated heterocycles. The molecule has 1 N–H and O–H groups in total. The zero-order valence-corrected chi connectivity index (χ0v) is 19.6. The number of rotatable bonds is 10. The average Bonchev–Trinajstić information content (AvgIpc) is 3.51. The summed E-state index contributed by atoms with van der Waals surface area (Å²) in [5.41, 5.74) is 0.901. The van der Waals surface area contributed by atoms with E-state index in [1.807, 2.05) is 17.0 Å². The third kappa shape index (κ3) is 5.28. The molecule has 0 unspecified atom stereocenters. The Kier molecular flexibility index (Phi) is 8.61. The van der Waals surface area contributed by atoms with Crippen LogP contribution in [-0.2, 0) is 14.3 Å². The largest absolute Gasteiger partial charge is 0.493 e. The third-order valence-electron chi connectivity index (χ3n) is 6.61. The van der Waals surface area contributed by atoms with Crippen molar-refractivity contribution in [3.63, 3.8) is 0 Å². The van der Waals surface area contributed by atoms with Crippen molar-refractivity contribution in [1.82, 2.24) is 10.2 Å². The van der Waals surface area contributed by atoms with Gasteiger partial charge in [0.1, 0.15) is 0 Å². The van der Waals surface area contributed by atoms with E-state index in [4.69, 9.17) is 18.9 Å². The molecule has 0 aromatic heterocycles. The molecule has 178 valence electrons. The number of ether oxygens (including phenoxy) is 4. The maximum atomic E-state index is 13.1. The molecule has 1 heterocycles. The molecule has 0 bridgehead atoms. The first-order valence-electron chi connectivity index (χ1n) is 11.4. The van der Waals surface area contributed by atoms with Gasteiger partial charge in [-0.05, 0) is 37.0 Å². The van der Waals surface area contributed by atoms with Gasteiger partial charge in [-0.1, -0.05) is 12.8 Å². The van der Waals surface area contributed by atoms with Gasteiger partial charge in [-0.3, -0.25) is 9.59 Å². The van der Waals surface area contributed by atoms with E-state index in [9.17, 15) is 9.59 Å². The Balaban J connectivity index is 1.87. The smallest absolute Gasteiger partial charge is 0.225 e. The Morgan fingerprint density at radius 2 is 1.66 bits per heavy atom. The first kappa shape index (κ1) is 24.2. The molecular formula is C24H36N2O6. The van der Waals surface area contributed by atoms with Gasteiger partial charge < -0.3 is 29.2 Å². The fraction of sp³-hybridized carbons (Fsp3) is 0.667. The van der Waals surface area contributed by atoms with Crippen molar-refractivity contribution < 1.29 is 28.5 Å². The molecule has 8 nitrogen and oxygen atoms in total. The molecule has 3 rings (SSSR count). The van der Waals surface area contributed by atoms with Gasteiger partial charge in [-0.15, -0.1) is 0 Å². The topological polar surface area (TPSA) is 86.3 Å². The second kappa shape index (κ2) is 11.4. The second-order valence-corrected chi connectivity index (χ2v) is 8.53. The molecular weight excluding hydrogens is 412 g/mol. The van der Waals surface area contributed by atoms with Crippen molar-refractivity contribution >= 4 is 11.8 Å². The minimum absolute atomic E-state index is 0.0402. The summed E-state index contributed by atoms with van der Waals surface area (Å²) in [6, 6.07) is 3.78. The number of amides is 2. The minimum Gasteiger partial charge on any atom is -0.493 e. The molecule has 1 saturated carbocycles. The van der Waals surface area contributed by atoms with Crippen molar-refractivity contribution in [1.29, 1.82) is 0 Å². The third-order valence-corrected chi connectivity index (χ3v) is 6.61. The van der Waals surface area contributed by atoms with E-state index >= 15 is 0 Å². The summed E-state index contributed by atoms with van der Waals surface area (Å²) >= 11 is 0. The lowest BCUT2D eigenvalue weighted by molar-refractivity contribution is -0.134. The monoisotopic (exact) mass is 448 g/mol. The highest BCUT2D eigenvalue weighted by Crippen LogP contribution is 2.43. The van der Waals surface area contributed by atoms with Gasteiger partial charge in [-0.2, -0.15) is 0 Å². The fourth-order valence-corrected chi connectivity index (χ4v) is 4.89. The fourth-order valence-electron chi connectivity index (χ4n) is 4.89. The molecule has 2 amide bonds. The van der Waals surface area contributed by atoms with Crippen LogP contribution in [0, 0.1) is 11.8 Å². The van der Waals surface area contributed by atoms with Gasteiger partial charge in [0.05, 0.1) is 27.2 Å².